The molecule has 86 valence electrons. The Balaban J connectivity index is 4.04. The van der Waals surface area contributed by atoms with E-state index in [1.54, 1.807) is 5.32 Å². The summed E-state index contributed by atoms with van der Waals surface area (Å²) in [6.45, 7) is 1.31. The Labute approximate surface area is 83.8 Å². The van der Waals surface area contributed by atoms with Crippen molar-refractivity contribution in [3.63, 3.8) is 0 Å². The minimum absolute atomic E-state index is 0.299. The van der Waals surface area contributed by atoms with Crippen LogP contribution in [0.25, 0.3) is 0 Å². The van der Waals surface area contributed by atoms with E-state index in [1.807, 2.05) is 0 Å². The predicted molar refractivity (Wildman–Crippen MR) is 45.1 cm³/mol. The van der Waals surface area contributed by atoms with Gasteiger partial charge < -0.3 is 10.4 Å². The smallest absolute Gasteiger partial charge is 0.471 e. The molecule has 0 aromatic heterocycles. The Bertz CT molecular complexity index is 273. The number of hydrogen-bond acceptors (Lipinski definition) is 2. The molecule has 15 heavy (non-hydrogen) atoms. The monoisotopic (exact) mass is 225 g/mol. The van der Waals surface area contributed by atoms with Gasteiger partial charge in [-0.25, -0.2) is 0 Å². The van der Waals surface area contributed by atoms with E-state index in [4.69, 9.17) is 5.11 Å². The maximum atomic E-state index is 11.7. The summed E-state index contributed by atoms with van der Waals surface area (Å²) >= 11 is 0. The van der Waals surface area contributed by atoms with Crippen molar-refractivity contribution in [2.45, 2.75) is 25.6 Å². The van der Waals surface area contributed by atoms with Crippen molar-refractivity contribution in [3.8, 4) is 0 Å². The van der Waals surface area contributed by atoms with Crippen LogP contribution >= 0.6 is 0 Å². The lowest BCUT2D eigenvalue weighted by Gasteiger charge is -2.11. The van der Waals surface area contributed by atoms with Crippen molar-refractivity contribution in [2.75, 3.05) is 0 Å². The van der Waals surface area contributed by atoms with Gasteiger partial charge >= 0.3 is 18.1 Å². The number of carbonyl (C=O) groups excluding carboxylic acids is 1. The van der Waals surface area contributed by atoms with Gasteiger partial charge in [-0.1, -0.05) is 12.2 Å². The highest BCUT2D eigenvalue weighted by atomic mass is 19.4. The summed E-state index contributed by atoms with van der Waals surface area (Å²) < 4.78 is 35.2. The van der Waals surface area contributed by atoms with Crippen LogP contribution in [0, 0.1) is 0 Å². The highest BCUT2D eigenvalue weighted by Crippen LogP contribution is 2.14. The Kier molecular flexibility index (Phi) is 4.83. The molecule has 0 rings (SSSR count). The third-order valence-electron chi connectivity index (χ3n) is 1.33. The molecule has 0 aliphatic rings. The molecule has 1 amide bonds. The van der Waals surface area contributed by atoms with E-state index in [1.165, 1.54) is 19.1 Å². The zero-order valence-corrected chi connectivity index (χ0v) is 7.84. The maximum Gasteiger partial charge on any atom is 0.471 e. The van der Waals surface area contributed by atoms with E-state index in [0.29, 0.717) is 0 Å². The molecule has 0 aromatic rings. The first kappa shape index (κ1) is 13.5. The van der Waals surface area contributed by atoms with Crippen LogP contribution in [0.5, 0.6) is 0 Å². The average molecular weight is 225 g/mol. The molecule has 0 aliphatic carbocycles. The Morgan fingerprint density at radius 3 is 2.40 bits per heavy atom. The largest absolute Gasteiger partial charge is 0.481 e. The van der Waals surface area contributed by atoms with Gasteiger partial charge in [-0.15, -0.1) is 0 Å². The molecule has 0 fully saturated rings. The molecular weight excluding hydrogens is 215 g/mol. The van der Waals surface area contributed by atoms with Crippen molar-refractivity contribution < 1.29 is 27.9 Å². The van der Waals surface area contributed by atoms with Gasteiger partial charge in [0.2, 0.25) is 0 Å². The predicted octanol–water partition coefficient (Wildman–Crippen LogP) is 1.08. The van der Waals surface area contributed by atoms with Crippen LogP contribution in [0.15, 0.2) is 12.2 Å². The summed E-state index contributed by atoms with van der Waals surface area (Å²) in [6, 6.07) is -0.863. The normalized spacial score (nSPS) is 13.9. The van der Waals surface area contributed by atoms with Crippen molar-refractivity contribution >= 4 is 11.9 Å². The van der Waals surface area contributed by atoms with E-state index in [2.05, 4.69) is 0 Å². The van der Waals surface area contributed by atoms with Gasteiger partial charge in [0.25, 0.3) is 0 Å². The fourth-order valence-electron chi connectivity index (χ4n) is 0.710. The lowest BCUT2D eigenvalue weighted by molar-refractivity contribution is -0.173. The average Bonchev–Trinajstić information content (AvgIpc) is 2.01. The molecule has 0 heterocycles. The number of nitrogens with one attached hydrogen (secondary N) is 1. The van der Waals surface area contributed by atoms with Crippen LogP contribution in [-0.2, 0) is 9.59 Å². The van der Waals surface area contributed by atoms with Crippen LogP contribution in [0.1, 0.15) is 13.3 Å². The molecule has 0 bridgehead atoms. The standard InChI is InChI=1S/C8H10F3NO3/c1-5(3-2-4-6(13)14)12-7(15)8(9,10)11/h2-3,5H,4H2,1H3,(H,12,15)(H,13,14)/b3-2-/t5-/m0/s1. The molecule has 0 aromatic carbocycles. The number of halogens is 3. The van der Waals surface area contributed by atoms with Gasteiger partial charge in [-0.05, 0) is 6.92 Å². The summed E-state index contributed by atoms with van der Waals surface area (Å²) in [6.07, 6.45) is -2.87. The molecule has 0 unspecified atom stereocenters. The van der Waals surface area contributed by atoms with Crippen molar-refractivity contribution in [3.05, 3.63) is 12.2 Å². The fourth-order valence-corrected chi connectivity index (χ4v) is 0.710. The first-order valence-electron chi connectivity index (χ1n) is 3.99. The van der Waals surface area contributed by atoms with E-state index < -0.39 is 24.1 Å². The van der Waals surface area contributed by atoms with Crippen LogP contribution in [-0.4, -0.2) is 29.2 Å². The van der Waals surface area contributed by atoms with E-state index in [-0.39, 0.29) is 6.42 Å². The number of carboxylic acids is 1. The molecule has 0 saturated heterocycles. The molecule has 7 heteroatoms. The number of rotatable bonds is 4. The SMILES string of the molecule is C[C@@H](/C=C\CC(=O)O)NC(=O)C(F)(F)F. The van der Waals surface area contributed by atoms with Gasteiger partial charge in [-0.2, -0.15) is 13.2 Å². The second-order valence-electron chi connectivity index (χ2n) is 2.79. The molecule has 2 N–H and O–H groups in total. The Morgan fingerprint density at radius 2 is 2.00 bits per heavy atom. The van der Waals surface area contributed by atoms with E-state index >= 15 is 0 Å². The van der Waals surface area contributed by atoms with Crippen LogP contribution < -0.4 is 5.32 Å². The Hall–Kier alpha value is -1.53. The maximum absolute atomic E-state index is 11.7. The number of aliphatic carboxylic acids is 1. The quantitative estimate of drug-likeness (QED) is 0.703. The molecule has 0 radical (unpaired) electrons. The first-order chi connectivity index (χ1) is 6.73. The molecule has 1 atom stereocenters. The molecule has 4 nitrogen and oxygen atoms in total. The van der Waals surface area contributed by atoms with Crippen LogP contribution in [0.4, 0.5) is 13.2 Å². The van der Waals surface area contributed by atoms with Gasteiger partial charge in [0, 0.05) is 6.04 Å². The first-order valence-corrected chi connectivity index (χ1v) is 3.99. The summed E-state index contributed by atoms with van der Waals surface area (Å²) in [4.78, 5) is 20.4. The van der Waals surface area contributed by atoms with E-state index in [0.717, 1.165) is 0 Å². The highest BCUT2D eigenvalue weighted by Gasteiger charge is 2.38. The second kappa shape index (κ2) is 5.38. The lowest BCUT2D eigenvalue weighted by Crippen LogP contribution is -2.41. The third kappa shape index (κ3) is 6.53. The number of hydrogen-bond donors (Lipinski definition) is 2. The highest BCUT2D eigenvalue weighted by molar-refractivity contribution is 5.82. The van der Waals surface area contributed by atoms with Crippen LogP contribution in [0.3, 0.4) is 0 Å². The minimum atomic E-state index is -4.92. The molecular formula is C8H10F3NO3. The third-order valence-corrected chi connectivity index (χ3v) is 1.33. The van der Waals surface area contributed by atoms with Crippen LogP contribution in [0.2, 0.25) is 0 Å². The topological polar surface area (TPSA) is 66.4 Å². The molecule has 0 aliphatic heterocycles. The number of amides is 1. The fraction of sp³-hybridized carbons (Fsp3) is 0.500. The lowest BCUT2D eigenvalue weighted by atomic mass is 10.2. The van der Waals surface area contributed by atoms with Gasteiger partial charge in [0.1, 0.15) is 0 Å². The van der Waals surface area contributed by atoms with Crippen molar-refractivity contribution in [1.82, 2.24) is 5.32 Å². The number of alkyl halides is 3. The summed E-state index contributed by atoms with van der Waals surface area (Å²) in [5.74, 6) is -3.14. The van der Waals surface area contributed by atoms with Crippen molar-refractivity contribution in [2.24, 2.45) is 0 Å². The van der Waals surface area contributed by atoms with Crippen molar-refractivity contribution in [1.29, 1.82) is 0 Å². The molecule has 0 spiro atoms. The zero-order valence-electron chi connectivity index (χ0n) is 7.84. The number of carboxylic acid groups (broad SMARTS) is 1. The van der Waals surface area contributed by atoms with Gasteiger partial charge in [0.15, 0.2) is 0 Å². The summed E-state index contributed by atoms with van der Waals surface area (Å²) in [5.41, 5.74) is 0. The number of carbonyl (C=O) groups is 2. The Morgan fingerprint density at radius 1 is 1.47 bits per heavy atom. The molecule has 0 saturated carbocycles. The second-order valence-corrected chi connectivity index (χ2v) is 2.79. The van der Waals surface area contributed by atoms with Gasteiger partial charge in [-0.3, -0.25) is 9.59 Å². The summed E-state index contributed by atoms with van der Waals surface area (Å²) in [7, 11) is 0. The van der Waals surface area contributed by atoms with E-state index in [9.17, 15) is 22.8 Å². The zero-order chi connectivity index (χ0) is 12.1. The minimum Gasteiger partial charge on any atom is -0.481 e. The summed E-state index contributed by atoms with van der Waals surface area (Å²) in [5, 5.41) is 9.87. The van der Waals surface area contributed by atoms with Gasteiger partial charge in [0.05, 0.1) is 6.42 Å².